The summed E-state index contributed by atoms with van der Waals surface area (Å²) in [5, 5.41) is 8.90. The highest BCUT2D eigenvalue weighted by Gasteiger charge is 2.31. The summed E-state index contributed by atoms with van der Waals surface area (Å²) in [6.45, 7) is 7.79. The lowest BCUT2D eigenvalue weighted by molar-refractivity contribution is -0.0733. The van der Waals surface area contributed by atoms with Gasteiger partial charge in [-0.3, -0.25) is 4.90 Å². The van der Waals surface area contributed by atoms with Gasteiger partial charge in [-0.1, -0.05) is 6.92 Å². The van der Waals surface area contributed by atoms with Crippen LogP contribution in [-0.4, -0.2) is 41.3 Å². The van der Waals surface area contributed by atoms with Gasteiger partial charge in [0.25, 0.3) is 0 Å². The molecule has 1 aromatic rings. The topological polar surface area (TPSA) is 62.9 Å². The van der Waals surface area contributed by atoms with Gasteiger partial charge in [-0.2, -0.15) is 0 Å². The molecule has 2 heterocycles. The third-order valence-corrected chi connectivity index (χ3v) is 3.73. The molecule has 1 aliphatic rings. The van der Waals surface area contributed by atoms with Gasteiger partial charge in [0.1, 0.15) is 5.76 Å². The van der Waals surface area contributed by atoms with E-state index in [4.69, 9.17) is 14.3 Å². The van der Waals surface area contributed by atoms with Crippen molar-refractivity contribution in [2.24, 2.45) is 0 Å². The van der Waals surface area contributed by atoms with E-state index in [2.05, 4.69) is 18.7 Å². The van der Waals surface area contributed by atoms with E-state index in [1.165, 1.54) is 6.07 Å². The number of ether oxygens (including phenoxy) is 1. The zero-order chi connectivity index (χ0) is 14.0. The van der Waals surface area contributed by atoms with Gasteiger partial charge in [0, 0.05) is 12.6 Å². The molecule has 3 atom stereocenters. The second kappa shape index (κ2) is 5.75. The summed E-state index contributed by atoms with van der Waals surface area (Å²) in [4.78, 5) is 13.2. The van der Waals surface area contributed by atoms with Crippen molar-refractivity contribution < 1.29 is 19.1 Å². The predicted molar refractivity (Wildman–Crippen MR) is 70.3 cm³/mol. The first-order valence-corrected chi connectivity index (χ1v) is 6.73. The molecule has 0 aromatic carbocycles. The molecule has 0 spiro atoms. The van der Waals surface area contributed by atoms with Gasteiger partial charge in [0.05, 0.1) is 18.8 Å². The Morgan fingerprint density at radius 3 is 2.89 bits per heavy atom. The molecule has 0 bridgehead atoms. The van der Waals surface area contributed by atoms with Crippen LogP contribution in [0.25, 0.3) is 0 Å². The molecule has 5 nitrogen and oxygen atoms in total. The van der Waals surface area contributed by atoms with Crippen molar-refractivity contribution in [2.75, 3.05) is 13.2 Å². The van der Waals surface area contributed by atoms with Gasteiger partial charge < -0.3 is 14.3 Å². The standard InChI is InChI=1S/C14H21NO4/c1-4-11-8-18-9(2)7-15(11)10(3)12-5-6-13(19-12)14(16)17/h5-6,9-11H,4,7-8H2,1-3H3,(H,16,17). The average molecular weight is 267 g/mol. The number of aromatic carboxylic acids is 1. The normalized spacial score (nSPS) is 26.3. The Balaban J connectivity index is 2.15. The molecule has 0 amide bonds. The SMILES string of the molecule is CCC1COC(C)CN1C(C)c1ccc(C(=O)O)o1. The molecule has 106 valence electrons. The molecule has 0 aliphatic carbocycles. The molecule has 0 radical (unpaired) electrons. The van der Waals surface area contributed by atoms with Crippen LogP contribution in [0.2, 0.25) is 0 Å². The van der Waals surface area contributed by atoms with Crippen molar-refractivity contribution in [1.82, 2.24) is 4.90 Å². The largest absolute Gasteiger partial charge is 0.475 e. The van der Waals surface area contributed by atoms with Crippen LogP contribution < -0.4 is 0 Å². The lowest BCUT2D eigenvalue weighted by Gasteiger charge is -2.41. The van der Waals surface area contributed by atoms with Crippen LogP contribution in [0.3, 0.4) is 0 Å². The van der Waals surface area contributed by atoms with Crippen LogP contribution in [0.5, 0.6) is 0 Å². The fourth-order valence-electron chi connectivity index (χ4n) is 2.55. The maximum absolute atomic E-state index is 10.9. The number of nitrogens with zero attached hydrogens (tertiary/aromatic N) is 1. The maximum Gasteiger partial charge on any atom is 0.371 e. The van der Waals surface area contributed by atoms with Crippen molar-refractivity contribution in [3.8, 4) is 0 Å². The van der Waals surface area contributed by atoms with Crippen molar-refractivity contribution >= 4 is 5.97 Å². The summed E-state index contributed by atoms with van der Waals surface area (Å²) in [6.07, 6.45) is 1.20. The second-order valence-corrected chi connectivity index (χ2v) is 5.09. The Hall–Kier alpha value is -1.33. The monoisotopic (exact) mass is 267 g/mol. The van der Waals surface area contributed by atoms with Crippen LogP contribution in [-0.2, 0) is 4.74 Å². The van der Waals surface area contributed by atoms with E-state index in [0.29, 0.717) is 18.4 Å². The summed E-state index contributed by atoms with van der Waals surface area (Å²) >= 11 is 0. The van der Waals surface area contributed by atoms with E-state index >= 15 is 0 Å². The van der Waals surface area contributed by atoms with E-state index in [1.54, 1.807) is 6.07 Å². The zero-order valence-corrected chi connectivity index (χ0v) is 11.6. The minimum absolute atomic E-state index is 0.00351. The van der Waals surface area contributed by atoms with Crippen molar-refractivity contribution in [3.63, 3.8) is 0 Å². The molecule has 2 rings (SSSR count). The summed E-state index contributed by atoms with van der Waals surface area (Å²) in [5.41, 5.74) is 0. The minimum Gasteiger partial charge on any atom is -0.475 e. The van der Waals surface area contributed by atoms with Gasteiger partial charge in [-0.15, -0.1) is 0 Å². The van der Waals surface area contributed by atoms with Crippen molar-refractivity contribution in [1.29, 1.82) is 0 Å². The third-order valence-electron chi connectivity index (χ3n) is 3.73. The van der Waals surface area contributed by atoms with Gasteiger partial charge in [0.2, 0.25) is 5.76 Å². The number of hydrogen-bond donors (Lipinski definition) is 1. The van der Waals surface area contributed by atoms with E-state index in [0.717, 1.165) is 13.0 Å². The molecule has 1 fully saturated rings. The number of rotatable bonds is 4. The summed E-state index contributed by atoms with van der Waals surface area (Å²) in [5.74, 6) is -0.331. The first-order chi connectivity index (χ1) is 9.02. The smallest absolute Gasteiger partial charge is 0.371 e. The number of furan rings is 1. The Bertz CT molecular complexity index is 442. The fourth-order valence-corrected chi connectivity index (χ4v) is 2.55. The van der Waals surface area contributed by atoms with E-state index in [-0.39, 0.29) is 17.9 Å². The number of carbonyl (C=O) groups is 1. The first kappa shape index (κ1) is 14.1. The lowest BCUT2D eigenvalue weighted by Crippen LogP contribution is -2.49. The Kier molecular flexibility index (Phi) is 4.27. The van der Waals surface area contributed by atoms with Gasteiger partial charge in [-0.05, 0) is 32.4 Å². The number of carboxylic acids is 1. The average Bonchev–Trinajstić information content (AvgIpc) is 2.87. The predicted octanol–water partition coefficient (Wildman–Crippen LogP) is 2.54. The third kappa shape index (κ3) is 2.98. The molecule has 1 saturated heterocycles. The van der Waals surface area contributed by atoms with Crippen LogP contribution >= 0.6 is 0 Å². The van der Waals surface area contributed by atoms with E-state index in [9.17, 15) is 4.79 Å². The first-order valence-electron chi connectivity index (χ1n) is 6.73. The number of hydrogen-bond acceptors (Lipinski definition) is 4. The van der Waals surface area contributed by atoms with Gasteiger partial charge >= 0.3 is 5.97 Å². The van der Waals surface area contributed by atoms with Gasteiger partial charge in [-0.25, -0.2) is 4.79 Å². The Labute approximate surface area is 113 Å². The summed E-state index contributed by atoms with van der Waals surface area (Å²) < 4.78 is 11.1. The molecule has 1 aromatic heterocycles. The highest BCUT2D eigenvalue weighted by molar-refractivity contribution is 5.84. The Morgan fingerprint density at radius 2 is 2.32 bits per heavy atom. The number of carboxylic acid groups (broad SMARTS) is 1. The van der Waals surface area contributed by atoms with Crippen LogP contribution in [0.4, 0.5) is 0 Å². The zero-order valence-electron chi connectivity index (χ0n) is 11.6. The van der Waals surface area contributed by atoms with Crippen molar-refractivity contribution in [2.45, 2.75) is 45.4 Å². The summed E-state index contributed by atoms with van der Waals surface area (Å²) in [7, 11) is 0. The van der Waals surface area contributed by atoms with E-state index < -0.39 is 5.97 Å². The van der Waals surface area contributed by atoms with Crippen LogP contribution in [0, 0.1) is 0 Å². The molecule has 0 saturated carbocycles. The molecule has 5 heteroatoms. The number of morpholine rings is 1. The fraction of sp³-hybridized carbons (Fsp3) is 0.643. The van der Waals surface area contributed by atoms with Crippen molar-refractivity contribution in [3.05, 3.63) is 23.7 Å². The lowest BCUT2D eigenvalue weighted by atomic mass is 10.1. The van der Waals surface area contributed by atoms with E-state index in [1.807, 2.05) is 6.92 Å². The molecule has 3 unspecified atom stereocenters. The Morgan fingerprint density at radius 1 is 1.58 bits per heavy atom. The highest BCUT2D eigenvalue weighted by atomic mass is 16.5. The molecule has 1 N–H and O–H groups in total. The molecular formula is C14H21NO4. The molecule has 19 heavy (non-hydrogen) atoms. The quantitative estimate of drug-likeness (QED) is 0.908. The molecule has 1 aliphatic heterocycles. The highest BCUT2D eigenvalue weighted by Crippen LogP contribution is 2.28. The minimum atomic E-state index is -1.03. The van der Waals surface area contributed by atoms with Crippen LogP contribution in [0.15, 0.2) is 16.5 Å². The summed E-state index contributed by atoms with van der Waals surface area (Å²) in [6, 6.07) is 3.67. The second-order valence-electron chi connectivity index (χ2n) is 5.09. The van der Waals surface area contributed by atoms with Gasteiger partial charge in [0.15, 0.2) is 0 Å². The maximum atomic E-state index is 10.9. The molecular weight excluding hydrogens is 246 g/mol. The van der Waals surface area contributed by atoms with Crippen LogP contribution in [0.1, 0.15) is 49.5 Å².